The Morgan fingerprint density at radius 1 is 1.06 bits per heavy atom. The molecular formula is C12H13F2NO2. The predicted octanol–water partition coefficient (Wildman–Crippen LogP) is 2.04. The molecule has 1 heterocycles. The van der Waals surface area contributed by atoms with E-state index in [1.54, 1.807) is 18.2 Å². The van der Waals surface area contributed by atoms with Gasteiger partial charge in [-0.05, 0) is 17.7 Å². The molecule has 1 aliphatic heterocycles. The van der Waals surface area contributed by atoms with E-state index in [-0.39, 0.29) is 12.8 Å². The van der Waals surface area contributed by atoms with Crippen LogP contribution in [-0.4, -0.2) is 19.1 Å². The van der Waals surface area contributed by atoms with Gasteiger partial charge in [-0.15, -0.1) is 0 Å². The van der Waals surface area contributed by atoms with E-state index in [0.29, 0.717) is 30.3 Å². The Balaban J connectivity index is 1.90. The average molecular weight is 241 g/mol. The first-order valence-corrected chi connectivity index (χ1v) is 5.55. The predicted molar refractivity (Wildman–Crippen MR) is 57.5 cm³/mol. The quantitative estimate of drug-likeness (QED) is 0.818. The molecule has 0 atom stereocenters. The topological polar surface area (TPSA) is 44.5 Å². The van der Waals surface area contributed by atoms with Gasteiger partial charge in [0.1, 0.15) is 13.2 Å². The van der Waals surface area contributed by atoms with Crippen molar-refractivity contribution in [1.82, 2.24) is 0 Å². The molecule has 3 rings (SSSR count). The minimum Gasteiger partial charge on any atom is -0.486 e. The molecule has 5 heteroatoms. The van der Waals surface area contributed by atoms with Crippen LogP contribution in [-0.2, 0) is 5.54 Å². The Bertz CT molecular complexity index is 454. The third-order valence-corrected chi connectivity index (χ3v) is 3.27. The Hall–Kier alpha value is -1.36. The lowest BCUT2D eigenvalue weighted by Gasteiger charge is -2.45. The molecule has 0 unspecified atom stereocenters. The summed E-state index contributed by atoms with van der Waals surface area (Å²) in [5.74, 6) is -1.40. The standard InChI is InChI=1S/C12H13F2NO2/c13-12(14)6-11(15,7-12)8-1-2-9-10(5-8)17-4-3-16-9/h1-2,5H,3-4,6-7,15H2. The fourth-order valence-electron chi connectivity index (χ4n) is 2.43. The normalized spacial score (nSPS) is 23.9. The van der Waals surface area contributed by atoms with Crippen LogP contribution in [0.2, 0.25) is 0 Å². The third kappa shape index (κ3) is 1.74. The molecule has 0 saturated heterocycles. The Morgan fingerprint density at radius 2 is 1.71 bits per heavy atom. The van der Waals surface area contributed by atoms with E-state index in [1.807, 2.05) is 0 Å². The molecule has 1 aromatic carbocycles. The average Bonchev–Trinajstić information content (AvgIpc) is 2.25. The molecule has 0 spiro atoms. The number of alkyl halides is 2. The lowest BCUT2D eigenvalue weighted by Crippen LogP contribution is -2.55. The van der Waals surface area contributed by atoms with Crippen LogP contribution in [0.3, 0.4) is 0 Å². The molecule has 1 fully saturated rings. The molecular weight excluding hydrogens is 228 g/mol. The van der Waals surface area contributed by atoms with E-state index in [0.717, 1.165) is 0 Å². The van der Waals surface area contributed by atoms with Gasteiger partial charge in [-0.3, -0.25) is 0 Å². The number of hydrogen-bond acceptors (Lipinski definition) is 3. The van der Waals surface area contributed by atoms with Crippen molar-refractivity contribution >= 4 is 0 Å². The van der Waals surface area contributed by atoms with Gasteiger partial charge in [-0.1, -0.05) is 6.07 Å². The van der Waals surface area contributed by atoms with Crippen LogP contribution >= 0.6 is 0 Å². The zero-order valence-electron chi connectivity index (χ0n) is 9.21. The Morgan fingerprint density at radius 3 is 2.35 bits per heavy atom. The highest BCUT2D eigenvalue weighted by Gasteiger charge is 2.55. The molecule has 0 amide bonds. The van der Waals surface area contributed by atoms with E-state index >= 15 is 0 Å². The molecule has 92 valence electrons. The van der Waals surface area contributed by atoms with Crippen molar-refractivity contribution in [2.24, 2.45) is 5.73 Å². The molecule has 17 heavy (non-hydrogen) atoms. The van der Waals surface area contributed by atoms with Crippen LogP contribution in [0, 0.1) is 0 Å². The SMILES string of the molecule is NC1(c2ccc3c(c2)OCCO3)CC(F)(F)C1. The first kappa shape index (κ1) is 10.8. The lowest BCUT2D eigenvalue weighted by atomic mass is 9.70. The molecule has 1 saturated carbocycles. The van der Waals surface area contributed by atoms with Crippen LogP contribution in [0.4, 0.5) is 8.78 Å². The van der Waals surface area contributed by atoms with Gasteiger partial charge in [0.25, 0.3) is 5.92 Å². The summed E-state index contributed by atoms with van der Waals surface area (Å²) >= 11 is 0. The smallest absolute Gasteiger partial charge is 0.252 e. The minimum absolute atomic E-state index is 0.306. The second kappa shape index (κ2) is 3.32. The first-order valence-electron chi connectivity index (χ1n) is 5.55. The molecule has 0 bridgehead atoms. The number of rotatable bonds is 1. The van der Waals surface area contributed by atoms with Crippen LogP contribution in [0.1, 0.15) is 18.4 Å². The van der Waals surface area contributed by atoms with Crippen LogP contribution in [0.25, 0.3) is 0 Å². The van der Waals surface area contributed by atoms with Crippen molar-refractivity contribution in [3.63, 3.8) is 0 Å². The Kier molecular flexibility index (Phi) is 2.10. The molecule has 0 aromatic heterocycles. The molecule has 1 aliphatic carbocycles. The molecule has 2 N–H and O–H groups in total. The molecule has 3 nitrogen and oxygen atoms in total. The maximum atomic E-state index is 12.9. The summed E-state index contributed by atoms with van der Waals surface area (Å²) < 4.78 is 36.6. The summed E-state index contributed by atoms with van der Waals surface area (Å²) in [6, 6.07) is 5.18. The summed E-state index contributed by atoms with van der Waals surface area (Å²) in [4.78, 5) is 0. The molecule has 2 aliphatic rings. The fraction of sp³-hybridized carbons (Fsp3) is 0.500. The fourth-order valence-corrected chi connectivity index (χ4v) is 2.43. The number of nitrogens with two attached hydrogens (primary N) is 1. The summed E-state index contributed by atoms with van der Waals surface area (Å²) in [7, 11) is 0. The van der Waals surface area contributed by atoms with E-state index in [2.05, 4.69) is 0 Å². The highest BCUT2D eigenvalue weighted by atomic mass is 19.3. The number of ether oxygens (including phenoxy) is 2. The maximum absolute atomic E-state index is 12.9. The van der Waals surface area contributed by atoms with Crippen molar-refractivity contribution in [3.05, 3.63) is 23.8 Å². The van der Waals surface area contributed by atoms with Gasteiger partial charge in [0, 0.05) is 12.8 Å². The van der Waals surface area contributed by atoms with Crippen LogP contribution < -0.4 is 15.2 Å². The second-order valence-electron chi connectivity index (χ2n) is 4.72. The zero-order valence-corrected chi connectivity index (χ0v) is 9.21. The van der Waals surface area contributed by atoms with Gasteiger partial charge >= 0.3 is 0 Å². The van der Waals surface area contributed by atoms with Crippen LogP contribution in [0.5, 0.6) is 11.5 Å². The van der Waals surface area contributed by atoms with E-state index in [1.165, 1.54) is 0 Å². The van der Waals surface area contributed by atoms with Gasteiger partial charge in [0.05, 0.1) is 5.54 Å². The summed E-state index contributed by atoms with van der Waals surface area (Å²) in [5, 5.41) is 0. The lowest BCUT2D eigenvalue weighted by molar-refractivity contribution is -0.125. The van der Waals surface area contributed by atoms with Gasteiger partial charge in [0.15, 0.2) is 11.5 Å². The number of fused-ring (bicyclic) bond motifs is 1. The zero-order chi connectivity index (χ0) is 12.1. The first-order chi connectivity index (χ1) is 7.99. The van der Waals surface area contributed by atoms with Crippen molar-refractivity contribution < 1.29 is 18.3 Å². The summed E-state index contributed by atoms with van der Waals surface area (Å²) in [6.07, 6.45) is -0.612. The third-order valence-electron chi connectivity index (χ3n) is 3.27. The summed E-state index contributed by atoms with van der Waals surface area (Å²) in [5.41, 5.74) is 5.71. The minimum atomic E-state index is -2.64. The number of halogens is 2. The summed E-state index contributed by atoms with van der Waals surface area (Å²) in [6.45, 7) is 0.988. The molecule has 1 aromatic rings. The van der Waals surface area contributed by atoms with Gasteiger partial charge < -0.3 is 15.2 Å². The van der Waals surface area contributed by atoms with Crippen molar-refractivity contribution in [2.75, 3.05) is 13.2 Å². The number of benzene rings is 1. The highest BCUT2D eigenvalue weighted by molar-refractivity contribution is 5.46. The van der Waals surface area contributed by atoms with Gasteiger partial charge in [-0.25, -0.2) is 8.78 Å². The number of hydrogen-bond donors (Lipinski definition) is 1. The van der Waals surface area contributed by atoms with Gasteiger partial charge in [-0.2, -0.15) is 0 Å². The monoisotopic (exact) mass is 241 g/mol. The van der Waals surface area contributed by atoms with E-state index in [4.69, 9.17) is 15.2 Å². The van der Waals surface area contributed by atoms with Crippen molar-refractivity contribution in [3.8, 4) is 11.5 Å². The van der Waals surface area contributed by atoms with E-state index < -0.39 is 11.5 Å². The van der Waals surface area contributed by atoms with Crippen molar-refractivity contribution in [1.29, 1.82) is 0 Å². The van der Waals surface area contributed by atoms with E-state index in [9.17, 15) is 8.78 Å². The maximum Gasteiger partial charge on any atom is 0.252 e. The second-order valence-corrected chi connectivity index (χ2v) is 4.72. The van der Waals surface area contributed by atoms with Crippen molar-refractivity contribution in [2.45, 2.75) is 24.3 Å². The largest absolute Gasteiger partial charge is 0.486 e. The Labute approximate surface area is 97.5 Å². The molecule has 0 radical (unpaired) electrons. The highest BCUT2D eigenvalue weighted by Crippen LogP contribution is 2.51. The van der Waals surface area contributed by atoms with Crippen LogP contribution in [0.15, 0.2) is 18.2 Å². The van der Waals surface area contributed by atoms with Gasteiger partial charge in [0.2, 0.25) is 0 Å².